The summed E-state index contributed by atoms with van der Waals surface area (Å²) in [7, 11) is 0. The maximum Gasteiger partial charge on any atom is 0.229 e. The molecule has 4 heteroatoms. The summed E-state index contributed by atoms with van der Waals surface area (Å²) < 4.78 is 12.8. The molecule has 1 aromatic rings. The predicted molar refractivity (Wildman–Crippen MR) is 36.5 cm³/mol. The van der Waals surface area contributed by atoms with Crippen LogP contribution in [0, 0.1) is 5.82 Å². The fourth-order valence-corrected chi connectivity index (χ4v) is 1.10. The molecular weight excluding hydrogens is 147 g/mol. The van der Waals surface area contributed by atoms with Crippen LogP contribution in [0.25, 0.3) is 0 Å². The molecule has 1 aliphatic rings. The van der Waals surface area contributed by atoms with E-state index in [1.165, 1.54) is 6.20 Å². The molecule has 0 bridgehead atoms. The van der Waals surface area contributed by atoms with Crippen molar-refractivity contribution in [2.75, 3.05) is 5.32 Å². The first kappa shape index (κ1) is 6.27. The second-order valence-electron chi connectivity index (χ2n) is 2.37. The molecule has 1 N–H and O–H groups in total. The van der Waals surface area contributed by atoms with Gasteiger partial charge in [-0.15, -0.1) is 0 Å². The maximum atomic E-state index is 12.8. The van der Waals surface area contributed by atoms with Gasteiger partial charge in [0.25, 0.3) is 0 Å². The number of carbonyl (C=O) groups excluding carboxylic acids is 1. The number of halogens is 1. The van der Waals surface area contributed by atoms with Crippen LogP contribution in [0.15, 0.2) is 12.4 Å². The van der Waals surface area contributed by atoms with E-state index in [1.54, 1.807) is 0 Å². The lowest BCUT2D eigenvalue weighted by Crippen LogP contribution is -2.03. The Labute approximate surface area is 62.3 Å². The predicted octanol–water partition coefficient (Wildman–Crippen LogP) is 0.715. The Morgan fingerprint density at radius 1 is 1.55 bits per heavy atom. The summed E-state index contributed by atoms with van der Waals surface area (Å²) in [5, 5.41) is 2.50. The maximum absolute atomic E-state index is 12.8. The topological polar surface area (TPSA) is 42.0 Å². The van der Waals surface area contributed by atoms with E-state index in [1.807, 2.05) is 0 Å². The van der Waals surface area contributed by atoms with E-state index in [0.29, 0.717) is 11.3 Å². The number of nitrogens with zero attached hydrogens (tertiary/aromatic N) is 1. The van der Waals surface area contributed by atoms with Gasteiger partial charge in [0, 0.05) is 5.56 Å². The average molecular weight is 152 g/mol. The van der Waals surface area contributed by atoms with Crippen LogP contribution in [0.5, 0.6) is 0 Å². The van der Waals surface area contributed by atoms with Crippen molar-refractivity contribution in [2.45, 2.75) is 6.42 Å². The van der Waals surface area contributed by atoms with Crippen LogP contribution in [0.2, 0.25) is 0 Å². The number of fused-ring (bicyclic) bond motifs is 1. The SMILES string of the molecule is O=C1Cc2c(F)cncc2N1. The third kappa shape index (κ3) is 0.869. The van der Waals surface area contributed by atoms with Gasteiger partial charge < -0.3 is 5.32 Å². The summed E-state index contributed by atoms with van der Waals surface area (Å²) >= 11 is 0. The minimum atomic E-state index is -0.416. The van der Waals surface area contributed by atoms with Crippen LogP contribution in [0.3, 0.4) is 0 Å². The molecule has 0 atom stereocenters. The van der Waals surface area contributed by atoms with Gasteiger partial charge in [0.05, 0.1) is 24.5 Å². The number of hydrogen-bond acceptors (Lipinski definition) is 2. The van der Waals surface area contributed by atoms with E-state index in [2.05, 4.69) is 10.3 Å². The van der Waals surface area contributed by atoms with Crippen molar-refractivity contribution < 1.29 is 9.18 Å². The minimum absolute atomic E-state index is 0.129. The van der Waals surface area contributed by atoms with Crippen LogP contribution >= 0.6 is 0 Å². The number of nitrogens with one attached hydrogen (secondary N) is 1. The Bertz CT molecular complexity index is 324. The van der Waals surface area contributed by atoms with E-state index < -0.39 is 5.82 Å². The molecule has 0 unspecified atom stereocenters. The van der Waals surface area contributed by atoms with Crippen molar-refractivity contribution in [1.29, 1.82) is 0 Å². The fraction of sp³-hybridized carbons (Fsp3) is 0.143. The molecule has 1 aliphatic heterocycles. The minimum Gasteiger partial charge on any atom is -0.324 e. The molecule has 56 valence electrons. The molecule has 0 saturated heterocycles. The Kier molecular flexibility index (Phi) is 1.15. The highest BCUT2D eigenvalue weighted by molar-refractivity contribution is 5.98. The molecule has 1 amide bonds. The van der Waals surface area contributed by atoms with E-state index in [0.717, 1.165) is 6.20 Å². The van der Waals surface area contributed by atoms with Crippen LogP contribution in [-0.4, -0.2) is 10.9 Å². The number of anilines is 1. The first-order valence-corrected chi connectivity index (χ1v) is 3.19. The Hall–Kier alpha value is -1.45. The number of aromatic nitrogens is 1. The van der Waals surface area contributed by atoms with Crippen molar-refractivity contribution in [2.24, 2.45) is 0 Å². The molecule has 0 aliphatic carbocycles. The highest BCUT2D eigenvalue weighted by Gasteiger charge is 2.20. The summed E-state index contributed by atoms with van der Waals surface area (Å²) in [4.78, 5) is 14.3. The summed E-state index contributed by atoms with van der Waals surface area (Å²) in [6.07, 6.45) is 2.69. The first-order chi connectivity index (χ1) is 5.27. The molecule has 3 nitrogen and oxygen atoms in total. The van der Waals surface area contributed by atoms with Crippen molar-refractivity contribution in [3.63, 3.8) is 0 Å². The van der Waals surface area contributed by atoms with Gasteiger partial charge in [0.2, 0.25) is 5.91 Å². The van der Waals surface area contributed by atoms with E-state index >= 15 is 0 Å². The van der Waals surface area contributed by atoms with Crippen LogP contribution in [0.4, 0.5) is 10.1 Å². The standard InChI is InChI=1S/C7H5FN2O/c8-5-2-9-3-6-4(5)1-7(11)10-6/h2-3H,1H2,(H,10,11). The highest BCUT2D eigenvalue weighted by atomic mass is 19.1. The largest absolute Gasteiger partial charge is 0.324 e. The summed E-state index contributed by atoms with van der Waals surface area (Å²) in [5.41, 5.74) is 0.917. The van der Waals surface area contributed by atoms with Crippen molar-refractivity contribution in [1.82, 2.24) is 4.98 Å². The van der Waals surface area contributed by atoms with Gasteiger partial charge in [-0.2, -0.15) is 0 Å². The number of carbonyl (C=O) groups is 1. The molecule has 0 radical (unpaired) electrons. The Morgan fingerprint density at radius 2 is 2.36 bits per heavy atom. The van der Waals surface area contributed by atoms with Gasteiger partial charge in [-0.3, -0.25) is 9.78 Å². The molecule has 11 heavy (non-hydrogen) atoms. The zero-order valence-electron chi connectivity index (χ0n) is 5.60. The molecule has 2 heterocycles. The van der Waals surface area contributed by atoms with Gasteiger partial charge >= 0.3 is 0 Å². The Morgan fingerprint density at radius 3 is 3.09 bits per heavy atom. The lowest BCUT2D eigenvalue weighted by atomic mass is 10.2. The summed E-state index contributed by atoms with van der Waals surface area (Å²) in [6, 6.07) is 0. The van der Waals surface area contributed by atoms with Crippen LogP contribution < -0.4 is 5.32 Å². The van der Waals surface area contributed by atoms with Crippen LogP contribution in [0.1, 0.15) is 5.56 Å². The van der Waals surface area contributed by atoms with Gasteiger partial charge in [-0.1, -0.05) is 0 Å². The van der Waals surface area contributed by atoms with Crippen molar-refractivity contribution >= 4 is 11.6 Å². The average Bonchev–Trinajstić information content (AvgIpc) is 2.31. The molecule has 0 saturated carbocycles. The normalized spacial score (nSPS) is 14.5. The van der Waals surface area contributed by atoms with E-state index in [9.17, 15) is 9.18 Å². The number of hydrogen-bond donors (Lipinski definition) is 1. The van der Waals surface area contributed by atoms with E-state index in [4.69, 9.17) is 0 Å². The summed E-state index contributed by atoms with van der Waals surface area (Å²) in [6.45, 7) is 0. The molecule has 2 rings (SSSR count). The fourth-order valence-electron chi connectivity index (χ4n) is 1.10. The number of amides is 1. The third-order valence-electron chi connectivity index (χ3n) is 1.62. The third-order valence-corrected chi connectivity index (χ3v) is 1.62. The number of rotatable bonds is 0. The quantitative estimate of drug-likeness (QED) is 0.595. The van der Waals surface area contributed by atoms with Gasteiger partial charge in [-0.25, -0.2) is 4.39 Å². The zero-order chi connectivity index (χ0) is 7.84. The van der Waals surface area contributed by atoms with Gasteiger partial charge in [-0.05, 0) is 0 Å². The Balaban J connectivity index is 2.57. The highest BCUT2D eigenvalue weighted by Crippen LogP contribution is 2.23. The molecular formula is C7H5FN2O. The second kappa shape index (κ2) is 2.02. The second-order valence-corrected chi connectivity index (χ2v) is 2.37. The monoisotopic (exact) mass is 152 g/mol. The molecule has 0 aromatic carbocycles. The van der Waals surface area contributed by atoms with Gasteiger partial charge in [0.1, 0.15) is 5.82 Å². The van der Waals surface area contributed by atoms with E-state index in [-0.39, 0.29) is 12.3 Å². The lowest BCUT2D eigenvalue weighted by Gasteiger charge is -1.95. The lowest BCUT2D eigenvalue weighted by molar-refractivity contribution is -0.115. The van der Waals surface area contributed by atoms with Gasteiger partial charge in [0.15, 0.2) is 0 Å². The van der Waals surface area contributed by atoms with Crippen LogP contribution in [-0.2, 0) is 11.2 Å². The smallest absolute Gasteiger partial charge is 0.229 e. The first-order valence-electron chi connectivity index (χ1n) is 3.19. The molecule has 0 fully saturated rings. The van der Waals surface area contributed by atoms with Crippen molar-refractivity contribution in [3.05, 3.63) is 23.8 Å². The van der Waals surface area contributed by atoms with Crippen molar-refractivity contribution in [3.8, 4) is 0 Å². The molecule has 0 spiro atoms. The number of pyridine rings is 1. The zero-order valence-corrected chi connectivity index (χ0v) is 5.60. The molecule has 1 aromatic heterocycles. The summed E-state index contributed by atoms with van der Waals surface area (Å²) in [5.74, 6) is -0.590.